The van der Waals surface area contributed by atoms with Gasteiger partial charge in [0, 0.05) is 13.2 Å². The monoisotopic (exact) mass is 1950 g/mol. The highest BCUT2D eigenvalue weighted by Crippen LogP contribution is 2.52. The molecule has 0 bridgehead atoms. The van der Waals surface area contributed by atoms with Gasteiger partial charge in [-0.25, -0.2) is 0 Å². The Balaban J connectivity index is 4.22. The summed E-state index contributed by atoms with van der Waals surface area (Å²) in [4.78, 5) is 111. The molecule has 0 heterocycles. The number of benzene rings is 1. The van der Waals surface area contributed by atoms with E-state index in [1.54, 1.807) is 0 Å². The lowest BCUT2D eigenvalue weighted by molar-refractivity contribution is -0.139. The molecule has 0 radical (unpaired) electrons. The molecule has 1 rings (SSSR count). The fraction of sp³-hybridized carbons (Fsp3) is 0.941. The second-order valence-corrected chi connectivity index (χ2v) is 43.0. The molecule has 6 atom stereocenters. The van der Waals surface area contributed by atoms with Crippen LogP contribution in [-0.4, -0.2) is 145 Å². The lowest BCUT2D eigenvalue weighted by Gasteiger charge is -2.50. The largest absolute Gasteiger partial charge is 0.486 e. The van der Waals surface area contributed by atoms with Crippen molar-refractivity contribution in [1.82, 2.24) is 0 Å². The molecule has 0 fully saturated rings. The van der Waals surface area contributed by atoms with Crippen LogP contribution in [0.1, 0.15) is 504 Å². The Morgan fingerprint density at radius 1 is 0.240 bits per heavy atom. The average molecular weight is 1950 g/mol. The van der Waals surface area contributed by atoms with Crippen molar-refractivity contribution >= 4 is 51.6 Å². The molecule has 0 aliphatic carbocycles. The summed E-state index contributed by atoms with van der Waals surface area (Å²) >= 11 is 0. The Kier molecular flexibility index (Phi) is 91.6. The minimum absolute atomic E-state index is 0.308. The van der Waals surface area contributed by atoms with Crippen molar-refractivity contribution in [3.63, 3.8) is 0 Å². The van der Waals surface area contributed by atoms with E-state index in [4.69, 9.17) is 50.4 Å². The summed E-state index contributed by atoms with van der Waals surface area (Å²) < 4.78 is 71.1. The normalized spacial score (nSPS) is 14.3. The van der Waals surface area contributed by atoms with Crippen molar-refractivity contribution in [2.45, 2.75) is 522 Å². The van der Waals surface area contributed by atoms with Crippen molar-refractivity contribution in [2.75, 3.05) is 72.7 Å². The highest BCUT2D eigenvalue weighted by atomic mass is 31.2. The first-order valence-corrected chi connectivity index (χ1v) is 60.2. The number of aliphatic hydroxyl groups excluding tert-OH is 1. The molecule has 768 valence electrons. The van der Waals surface area contributed by atoms with Gasteiger partial charge in [0.2, 0.25) is 0 Å². The maximum Gasteiger partial charge on any atom is 0.329 e. The lowest BCUT2D eigenvalue weighted by atomic mass is 9.67. The lowest BCUT2D eigenvalue weighted by Crippen LogP contribution is -2.59. The van der Waals surface area contributed by atoms with Crippen LogP contribution in [0.2, 0.25) is 0 Å². The maximum atomic E-state index is 12.7. The van der Waals surface area contributed by atoms with Crippen molar-refractivity contribution in [1.29, 1.82) is 0 Å². The number of hydrogen-bond acceptors (Lipinski definition) is 22. The van der Waals surface area contributed by atoms with Gasteiger partial charge in [0.15, 0.2) is 0 Å². The second-order valence-electron chi connectivity index (χ2n) is 38.0. The van der Waals surface area contributed by atoms with Gasteiger partial charge in [-0.1, -0.05) is 471 Å². The number of para-hydroxylation sites is 1. The minimum Gasteiger partial charge on any atom is -0.486 e. The number of ether oxygens (including phenoxy) is 3. The predicted octanol–water partition coefficient (Wildman–Crippen LogP) is 31.1. The predicted molar refractivity (Wildman–Crippen MR) is 541 cm³/mol. The van der Waals surface area contributed by atoms with Crippen molar-refractivity contribution in [3.05, 3.63) is 30.3 Å². The van der Waals surface area contributed by atoms with Crippen LogP contribution >= 0.6 is 51.6 Å². The Hall–Kier alpha value is 0.760. The Morgan fingerprint density at radius 3 is 0.721 bits per heavy atom. The molecule has 1 aromatic rings. The number of unbranched alkanes of at least 4 members (excludes halogenated alkanes) is 62. The van der Waals surface area contributed by atoms with Gasteiger partial charge in [0.25, 0.3) is 0 Å². The zero-order chi connectivity index (χ0) is 94.2. The first kappa shape index (κ1) is 128. The molecule has 0 aromatic heterocycles. The van der Waals surface area contributed by atoms with E-state index in [0.717, 1.165) is 180 Å². The molecule has 22 nitrogen and oxygen atoms in total. The van der Waals surface area contributed by atoms with E-state index in [2.05, 4.69) is 41.5 Å². The van der Waals surface area contributed by atoms with E-state index in [0.29, 0.717) is 70.3 Å². The zero-order valence-electron chi connectivity index (χ0n) is 83.3. The fourth-order valence-corrected chi connectivity index (χ4v) is 21.2. The van der Waals surface area contributed by atoms with Crippen LogP contribution in [0.5, 0.6) is 5.75 Å². The van der Waals surface area contributed by atoms with Gasteiger partial charge in [-0.2, -0.15) is 0 Å². The molecular weight excluding hydrogens is 1750 g/mol. The van der Waals surface area contributed by atoms with Crippen LogP contribution in [0.4, 0.5) is 0 Å². The van der Waals surface area contributed by atoms with E-state index < -0.39 is 132 Å². The standard InChI is InChI=1S/C101H202O22P6/c1-7-13-19-25-31-35-39-41-43-45-47-50-54-58-64-73-81-97(114-85-77-68-62-56-52-48-46-44-42-40-36-32-26-20-14-8-2)99(89-116-125(105)106,90-120-128(111)119-88-98(86-102,87-115-124(103)104)96(80-72-63-57-53-49-37-33-27-21-15-9-3)113-84-76-67-61-55-51-38-34-28-22-16-10-4)91-121-129(112)122-94-100(92-117-126(107)108,93-118-127(109)110)101(123-95-78-70-69-71-79-95,82-74-65-59-29-23-17-11-5)83-75-66-60-30-24-18-12-6/h69-71,78-79,96-97,102-112H,7-68,72-77,80-94H2,1-6H3. The van der Waals surface area contributed by atoms with Gasteiger partial charge in [0.05, 0.1) is 87.9 Å². The number of aliphatic hydroxyl groups is 1. The molecule has 0 aliphatic rings. The maximum absolute atomic E-state index is 12.7. The van der Waals surface area contributed by atoms with Gasteiger partial charge in [-0.3, -0.25) is 0 Å². The van der Waals surface area contributed by atoms with Crippen LogP contribution in [0.3, 0.4) is 0 Å². The molecule has 0 saturated heterocycles. The molecule has 0 spiro atoms. The van der Waals surface area contributed by atoms with Crippen LogP contribution in [-0.2, 0) is 45.7 Å². The van der Waals surface area contributed by atoms with Gasteiger partial charge in [-0.15, -0.1) is 0 Å². The molecule has 6 unspecified atom stereocenters. The van der Waals surface area contributed by atoms with Crippen LogP contribution in [0.25, 0.3) is 0 Å². The smallest absolute Gasteiger partial charge is 0.329 e. The summed E-state index contributed by atoms with van der Waals surface area (Å²) in [5.74, 6) is 0.503. The van der Waals surface area contributed by atoms with Gasteiger partial charge in [-0.05, 0) is 63.5 Å². The van der Waals surface area contributed by atoms with Crippen molar-refractivity contribution in [2.24, 2.45) is 16.2 Å². The van der Waals surface area contributed by atoms with Gasteiger partial charge < -0.3 is 104 Å². The molecule has 28 heteroatoms. The second kappa shape index (κ2) is 92.5. The zero-order valence-corrected chi connectivity index (χ0v) is 88.7. The van der Waals surface area contributed by atoms with Crippen LogP contribution in [0, 0.1) is 16.2 Å². The highest BCUT2D eigenvalue weighted by Gasteiger charge is 2.56. The molecule has 0 aliphatic heterocycles. The summed E-state index contributed by atoms with van der Waals surface area (Å²) in [6.07, 6.45) is 77.1. The van der Waals surface area contributed by atoms with Crippen molar-refractivity contribution in [3.8, 4) is 5.75 Å². The molecule has 129 heavy (non-hydrogen) atoms. The molecular formula is C101H202O22P6. The average Bonchev–Trinajstić information content (AvgIpc) is 0.757. The number of hydrogen-bond donors (Lipinski definition) is 11. The minimum atomic E-state index is -3.04. The molecule has 1 aromatic carbocycles. The van der Waals surface area contributed by atoms with E-state index in [9.17, 15) is 54.0 Å². The summed E-state index contributed by atoms with van der Waals surface area (Å²) in [5, 5.41) is 11.8. The highest BCUT2D eigenvalue weighted by molar-refractivity contribution is 7.41. The van der Waals surface area contributed by atoms with Gasteiger partial charge in [0.1, 0.15) is 11.4 Å². The quantitative estimate of drug-likeness (QED) is 0.0213. The molecule has 11 N–H and O–H groups in total. The SMILES string of the molecule is CCCCCCCCCCCCCCCCCCOC(CCCCCCCCCCCCCCCCCC)C(COP(O)O)(COP(O)OCC(CO)(COP(O)O)C(CCCCCCCCCCCCC)OCCCCCCCCCCCCC)COP(O)OCC(COP(O)O)(COP(O)O)C(CCCCCCCCC)(CCCCCCCCC)Oc1ccccc1. The third-order valence-corrected chi connectivity index (χ3v) is 29.4. The summed E-state index contributed by atoms with van der Waals surface area (Å²) in [5.41, 5.74) is -5.94. The van der Waals surface area contributed by atoms with Crippen LogP contribution < -0.4 is 4.74 Å². The topological polar surface area (TPSA) is 324 Å². The third-order valence-electron chi connectivity index (χ3n) is 26.5. The summed E-state index contributed by atoms with van der Waals surface area (Å²) in [6, 6.07) is 9.32. The van der Waals surface area contributed by atoms with Crippen LogP contribution in [0.15, 0.2) is 30.3 Å². The first-order valence-electron chi connectivity index (χ1n) is 53.2. The van der Waals surface area contributed by atoms with E-state index in [1.807, 2.05) is 30.3 Å². The third kappa shape index (κ3) is 71.8. The first-order chi connectivity index (χ1) is 62.9. The Morgan fingerprint density at radius 2 is 0.450 bits per heavy atom. The Labute approximate surface area is 798 Å². The van der Waals surface area contributed by atoms with E-state index >= 15 is 0 Å². The molecule has 0 amide bonds. The fourth-order valence-electron chi connectivity index (χ4n) is 18.1. The van der Waals surface area contributed by atoms with Crippen molar-refractivity contribution < 1.29 is 104 Å². The summed E-state index contributed by atoms with van der Waals surface area (Å²) in [7, 11) is -17.9. The van der Waals surface area contributed by atoms with Gasteiger partial charge >= 0.3 is 51.6 Å². The Bertz CT molecular complexity index is 2400. The van der Waals surface area contributed by atoms with E-state index in [-0.39, 0.29) is 13.2 Å². The summed E-state index contributed by atoms with van der Waals surface area (Å²) in [6.45, 7) is 9.94. The number of rotatable bonds is 106. The van der Waals surface area contributed by atoms with E-state index in [1.165, 1.54) is 231 Å². The molecule has 0 saturated carbocycles.